The van der Waals surface area contributed by atoms with Gasteiger partial charge < -0.3 is 11.1 Å². The van der Waals surface area contributed by atoms with Crippen molar-refractivity contribution >= 4 is 17.4 Å². The van der Waals surface area contributed by atoms with Gasteiger partial charge in [-0.05, 0) is 25.5 Å². The molecule has 0 fully saturated rings. The number of nitriles is 1. The molecule has 0 aliphatic heterocycles. The molecule has 0 aromatic carbocycles. The molecule has 3 rings (SSSR count). The van der Waals surface area contributed by atoms with E-state index < -0.39 is 6.67 Å². The fourth-order valence-electron chi connectivity index (χ4n) is 2.51. The average Bonchev–Trinajstić information content (AvgIpc) is 3.07. The van der Waals surface area contributed by atoms with Crippen molar-refractivity contribution in [2.24, 2.45) is 0 Å². The van der Waals surface area contributed by atoms with Gasteiger partial charge in [0.15, 0.2) is 0 Å². The number of anilines is 2. The molecule has 0 saturated heterocycles. The maximum absolute atomic E-state index is 12.3. The minimum atomic E-state index is -0.423. The van der Waals surface area contributed by atoms with Crippen LogP contribution in [0.4, 0.5) is 16.0 Å². The number of fused-ring (bicyclic) bond motifs is 1. The van der Waals surface area contributed by atoms with E-state index in [1.807, 2.05) is 6.92 Å². The lowest BCUT2D eigenvalue weighted by molar-refractivity contribution is 0.481. The lowest BCUT2D eigenvalue weighted by Gasteiger charge is -2.12. The monoisotopic (exact) mass is 340 g/mol. The predicted molar refractivity (Wildman–Crippen MR) is 90.8 cm³/mol. The minimum Gasteiger partial charge on any atom is -0.383 e. The van der Waals surface area contributed by atoms with Gasteiger partial charge in [0.05, 0.1) is 12.2 Å². The van der Waals surface area contributed by atoms with Crippen LogP contribution >= 0.6 is 0 Å². The van der Waals surface area contributed by atoms with E-state index in [9.17, 15) is 9.65 Å². The Bertz CT molecular complexity index is 943. The molecule has 0 aliphatic rings. The van der Waals surface area contributed by atoms with Crippen LogP contribution in [0.25, 0.3) is 5.78 Å². The molecule has 0 unspecified atom stereocenters. The van der Waals surface area contributed by atoms with Crippen molar-refractivity contribution in [3.05, 3.63) is 41.0 Å². The van der Waals surface area contributed by atoms with Gasteiger partial charge in [-0.15, -0.1) is 0 Å². The highest BCUT2D eigenvalue weighted by atomic mass is 19.1. The maximum atomic E-state index is 12.3. The molecule has 0 spiro atoms. The van der Waals surface area contributed by atoms with Crippen molar-refractivity contribution in [2.75, 3.05) is 24.3 Å². The summed E-state index contributed by atoms with van der Waals surface area (Å²) < 4.78 is 13.8. The second-order valence-electron chi connectivity index (χ2n) is 5.49. The molecule has 0 saturated carbocycles. The standard InChI is InChI=1S/C16H17FN8/c1-10-13(14(19)25-16(23-10)21-9-22-25)7-12-4-3-11(8-18)15(24-12)20-6-2-5-17/h3-4,9H,2,5-7,19H2,1H3,(H,20,24). The fraction of sp³-hybridized carbons (Fsp3) is 0.312. The molecule has 3 heterocycles. The Labute approximate surface area is 143 Å². The first-order valence-corrected chi connectivity index (χ1v) is 7.78. The van der Waals surface area contributed by atoms with Crippen molar-refractivity contribution < 1.29 is 4.39 Å². The lowest BCUT2D eigenvalue weighted by Crippen LogP contribution is -2.11. The quantitative estimate of drug-likeness (QED) is 0.655. The highest BCUT2D eigenvalue weighted by Gasteiger charge is 2.14. The van der Waals surface area contributed by atoms with Gasteiger partial charge in [-0.3, -0.25) is 4.39 Å². The van der Waals surface area contributed by atoms with Crippen LogP contribution in [0, 0.1) is 18.3 Å². The zero-order chi connectivity index (χ0) is 17.8. The highest BCUT2D eigenvalue weighted by molar-refractivity contribution is 5.54. The van der Waals surface area contributed by atoms with Crippen molar-refractivity contribution in [3.63, 3.8) is 0 Å². The Kier molecular flexibility index (Phi) is 4.70. The molecule has 0 atom stereocenters. The number of pyridine rings is 1. The first-order valence-electron chi connectivity index (χ1n) is 7.78. The molecule has 25 heavy (non-hydrogen) atoms. The van der Waals surface area contributed by atoms with Crippen LogP contribution in [-0.2, 0) is 6.42 Å². The van der Waals surface area contributed by atoms with E-state index in [1.54, 1.807) is 12.1 Å². The van der Waals surface area contributed by atoms with Gasteiger partial charge in [-0.25, -0.2) is 9.97 Å². The predicted octanol–water partition coefficient (Wildman–Crippen LogP) is 1.64. The van der Waals surface area contributed by atoms with Crippen LogP contribution in [0.3, 0.4) is 0 Å². The van der Waals surface area contributed by atoms with E-state index in [2.05, 4.69) is 31.4 Å². The Balaban J connectivity index is 1.93. The number of nitrogens with zero attached hydrogens (tertiary/aromatic N) is 6. The smallest absolute Gasteiger partial charge is 0.254 e. The Morgan fingerprint density at radius 2 is 2.20 bits per heavy atom. The topological polar surface area (TPSA) is 118 Å². The summed E-state index contributed by atoms with van der Waals surface area (Å²) in [7, 11) is 0. The Hall–Kier alpha value is -3.28. The average molecular weight is 340 g/mol. The van der Waals surface area contributed by atoms with E-state index >= 15 is 0 Å². The van der Waals surface area contributed by atoms with Crippen molar-refractivity contribution in [1.82, 2.24) is 24.6 Å². The van der Waals surface area contributed by atoms with E-state index in [0.717, 1.165) is 17.0 Å². The molecular formula is C16H17FN8. The van der Waals surface area contributed by atoms with E-state index in [0.29, 0.717) is 42.4 Å². The number of nitrogens with one attached hydrogen (secondary N) is 1. The molecule has 0 amide bonds. The Morgan fingerprint density at radius 1 is 1.36 bits per heavy atom. The summed E-state index contributed by atoms with van der Waals surface area (Å²) in [5.41, 5.74) is 8.86. The van der Waals surface area contributed by atoms with Crippen LogP contribution in [0.1, 0.15) is 28.9 Å². The number of nitrogens with two attached hydrogens (primary N) is 1. The lowest BCUT2D eigenvalue weighted by atomic mass is 10.1. The number of rotatable bonds is 6. The summed E-state index contributed by atoms with van der Waals surface area (Å²) in [5.74, 6) is 1.35. The first kappa shape index (κ1) is 16.6. The SMILES string of the molecule is Cc1nc2ncnn2c(N)c1Cc1ccc(C#N)c(NCCCF)n1. The van der Waals surface area contributed by atoms with Gasteiger partial charge in [0.1, 0.15) is 24.0 Å². The van der Waals surface area contributed by atoms with E-state index in [-0.39, 0.29) is 0 Å². The molecule has 128 valence electrons. The highest BCUT2D eigenvalue weighted by Crippen LogP contribution is 2.21. The number of halogens is 1. The summed E-state index contributed by atoms with van der Waals surface area (Å²) >= 11 is 0. The summed E-state index contributed by atoms with van der Waals surface area (Å²) in [4.78, 5) is 12.9. The number of nitrogen functional groups attached to an aromatic ring is 1. The third-order valence-corrected chi connectivity index (χ3v) is 3.81. The summed E-state index contributed by atoms with van der Waals surface area (Å²) in [5, 5.41) is 16.2. The van der Waals surface area contributed by atoms with Gasteiger partial charge in [0.25, 0.3) is 5.78 Å². The molecule has 0 radical (unpaired) electrons. The third kappa shape index (κ3) is 3.33. The van der Waals surface area contributed by atoms with Crippen molar-refractivity contribution in [1.29, 1.82) is 5.26 Å². The number of hydrogen-bond acceptors (Lipinski definition) is 7. The fourth-order valence-corrected chi connectivity index (χ4v) is 2.51. The zero-order valence-corrected chi connectivity index (χ0v) is 13.7. The first-order chi connectivity index (χ1) is 12.1. The van der Waals surface area contributed by atoms with Crippen LogP contribution in [0.5, 0.6) is 0 Å². The molecular weight excluding hydrogens is 323 g/mol. The molecule has 0 bridgehead atoms. The van der Waals surface area contributed by atoms with Crippen LogP contribution in [0.15, 0.2) is 18.5 Å². The Morgan fingerprint density at radius 3 is 2.96 bits per heavy atom. The van der Waals surface area contributed by atoms with Gasteiger partial charge in [-0.1, -0.05) is 0 Å². The van der Waals surface area contributed by atoms with E-state index in [1.165, 1.54) is 10.8 Å². The third-order valence-electron chi connectivity index (χ3n) is 3.81. The molecule has 9 heteroatoms. The number of hydrogen-bond donors (Lipinski definition) is 2. The number of alkyl halides is 1. The van der Waals surface area contributed by atoms with Crippen LogP contribution in [0.2, 0.25) is 0 Å². The summed E-state index contributed by atoms with van der Waals surface area (Å²) in [6.45, 7) is 1.84. The summed E-state index contributed by atoms with van der Waals surface area (Å²) in [6.07, 6.45) is 2.19. The second-order valence-corrected chi connectivity index (χ2v) is 5.49. The number of aromatic nitrogens is 5. The minimum absolute atomic E-state index is 0.357. The van der Waals surface area contributed by atoms with Gasteiger partial charge in [-0.2, -0.15) is 19.9 Å². The summed E-state index contributed by atoms with van der Waals surface area (Å²) in [6, 6.07) is 5.53. The zero-order valence-electron chi connectivity index (χ0n) is 13.7. The van der Waals surface area contributed by atoms with Gasteiger partial charge >= 0.3 is 0 Å². The van der Waals surface area contributed by atoms with Gasteiger partial charge in [0, 0.05) is 29.9 Å². The molecule has 3 aromatic rings. The number of aryl methyl sites for hydroxylation is 1. The molecule has 3 N–H and O–H groups in total. The van der Waals surface area contributed by atoms with Crippen LogP contribution in [-0.4, -0.2) is 37.8 Å². The van der Waals surface area contributed by atoms with Crippen molar-refractivity contribution in [2.45, 2.75) is 19.8 Å². The van der Waals surface area contributed by atoms with Gasteiger partial charge in [0.2, 0.25) is 0 Å². The molecule has 0 aliphatic carbocycles. The van der Waals surface area contributed by atoms with E-state index in [4.69, 9.17) is 5.73 Å². The maximum Gasteiger partial charge on any atom is 0.254 e. The largest absolute Gasteiger partial charge is 0.383 e. The van der Waals surface area contributed by atoms with Crippen molar-refractivity contribution in [3.8, 4) is 6.07 Å². The van der Waals surface area contributed by atoms with Crippen LogP contribution < -0.4 is 11.1 Å². The molecule has 8 nitrogen and oxygen atoms in total. The second kappa shape index (κ2) is 7.09. The normalized spacial score (nSPS) is 10.8. The molecule has 3 aromatic heterocycles.